The topological polar surface area (TPSA) is 49.8 Å². The van der Waals surface area contributed by atoms with Crippen molar-refractivity contribution in [2.24, 2.45) is 0 Å². The van der Waals surface area contributed by atoms with Gasteiger partial charge in [0.1, 0.15) is 10.9 Å². The zero-order valence-corrected chi connectivity index (χ0v) is 10.6. The van der Waals surface area contributed by atoms with Gasteiger partial charge in [0.25, 0.3) is 0 Å². The molecule has 0 saturated heterocycles. The van der Waals surface area contributed by atoms with E-state index in [0.717, 1.165) is 23.3 Å². The van der Waals surface area contributed by atoms with Crippen LogP contribution in [0.3, 0.4) is 0 Å². The molecule has 16 heavy (non-hydrogen) atoms. The average molecular weight is 248 g/mol. The molecule has 0 fully saturated rings. The molecule has 2 nitrogen and oxygen atoms in total. The van der Waals surface area contributed by atoms with E-state index in [9.17, 15) is 0 Å². The van der Waals surface area contributed by atoms with Crippen LogP contribution in [0, 0.1) is 11.3 Å². The van der Waals surface area contributed by atoms with Gasteiger partial charge in [0, 0.05) is 10.4 Å². The third kappa shape index (κ3) is 1.84. The second kappa shape index (κ2) is 4.69. The summed E-state index contributed by atoms with van der Waals surface area (Å²) in [5.74, 6) is 0. The largest absolute Gasteiger partial charge is 0.397 e. The van der Waals surface area contributed by atoms with E-state index in [1.165, 1.54) is 16.9 Å². The molecule has 82 valence electrons. The van der Waals surface area contributed by atoms with E-state index in [4.69, 9.17) is 11.0 Å². The summed E-state index contributed by atoms with van der Waals surface area (Å²) in [6.07, 6.45) is 1.98. The molecular weight excluding hydrogens is 236 g/mol. The third-order valence-electron chi connectivity index (χ3n) is 2.43. The van der Waals surface area contributed by atoms with E-state index in [0.29, 0.717) is 10.6 Å². The standard InChI is InChI=1S/C12H12N2S2/c1-2-3-9-11(14)10(6-13)16-12(9)8-4-5-15-7-8/h4-5,7H,2-3,14H2,1H3. The number of thiophene rings is 2. The van der Waals surface area contributed by atoms with E-state index in [2.05, 4.69) is 24.4 Å². The first kappa shape index (κ1) is 11.2. The molecule has 2 heterocycles. The Morgan fingerprint density at radius 1 is 1.50 bits per heavy atom. The van der Waals surface area contributed by atoms with Gasteiger partial charge in [0.05, 0.1) is 5.69 Å². The molecule has 2 aromatic heterocycles. The summed E-state index contributed by atoms with van der Waals surface area (Å²) < 4.78 is 0. The van der Waals surface area contributed by atoms with Gasteiger partial charge >= 0.3 is 0 Å². The molecule has 0 aliphatic heterocycles. The molecule has 0 aliphatic rings. The number of hydrogen-bond donors (Lipinski definition) is 1. The lowest BCUT2D eigenvalue weighted by molar-refractivity contribution is 0.930. The van der Waals surface area contributed by atoms with E-state index in [1.807, 2.05) is 5.38 Å². The second-order valence-electron chi connectivity index (χ2n) is 3.53. The molecule has 0 saturated carbocycles. The maximum absolute atomic E-state index is 9.00. The SMILES string of the molecule is CCCc1c(-c2ccsc2)sc(C#N)c1N. The predicted octanol–water partition coefficient (Wildman–Crippen LogP) is 3.88. The highest BCUT2D eigenvalue weighted by Crippen LogP contribution is 2.39. The smallest absolute Gasteiger partial charge is 0.128 e. The number of nitriles is 1. The Kier molecular flexibility index (Phi) is 3.28. The van der Waals surface area contributed by atoms with Crippen molar-refractivity contribution in [3.05, 3.63) is 27.3 Å². The molecule has 0 radical (unpaired) electrons. The van der Waals surface area contributed by atoms with Crippen LogP contribution in [0.15, 0.2) is 16.8 Å². The lowest BCUT2D eigenvalue weighted by Crippen LogP contribution is -1.92. The zero-order valence-electron chi connectivity index (χ0n) is 8.99. The molecule has 2 aromatic rings. The Morgan fingerprint density at radius 3 is 2.88 bits per heavy atom. The van der Waals surface area contributed by atoms with Crippen molar-refractivity contribution >= 4 is 28.4 Å². The van der Waals surface area contributed by atoms with Crippen LogP contribution < -0.4 is 5.73 Å². The fraction of sp³-hybridized carbons (Fsp3) is 0.250. The fourth-order valence-electron chi connectivity index (χ4n) is 1.69. The van der Waals surface area contributed by atoms with Crippen molar-refractivity contribution in [1.29, 1.82) is 5.26 Å². The Hall–Kier alpha value is -1.31. The number of nitrogens with two attached hydrogens (primary N) is 1. The van der Waals surface area contributed by atoms with Crippen LogP contribution in [0.25, 0.3) is 10.4 Å². The Morgan fingerprint density at radius 2 is 2.31 bits per heavy atom. The van der Waals surface area contributed by atoms with Crippen molar-refractivity contribution in [3.63, 3.8) is 0 Å². The summed E-state index contributed by atoms with van der Waals surface area (Å²) >= 11 is 3.17. The maximum atomic E-state index is 9.00. The maximum Gasteiger partial charge on any atom is 0.128 e. The lowest BCUT2D eigenvalue weighted by Gasteiger charge is -2.01. The van der Waals surface area contributed by atoms with Crippen LogP contribution in [-0.2, 0) is 6.42 Å². The number of nitrogen functional groups attached to an aromatic ring is 1. The normalized spacial score (nSPS) is 10.2. The fourth-order valence-corrected chi connectivity index (χ4v) is 3.47. The van der Waals surface area contributed by atoms with Gasteiger partial charge in [-0.3, -0.25) is 0 Å². The summed E-state index contributed by atoms with van der Waals surface area (Å²) in [7, 11) is 0. The summed E-state index contributed by atoms with van der Waals surface area (Å²) in [5, 5.41) is 13.2. The van der Waals surface area contributed by atoms with Gasteiger partial charge in [-0.05, 0) is 28.8 Å². The Bertz CT molecular complexity index is 518. The van der Waals surface area contributed by atoms with Crippen molar-refractivity contribution < 1.29 is 0 Å². The minimum absolute atomic E-state index is 0.643. The van der Waals surface area contributed by atoms with E-state index in [-0.39, 0.29) is 0 Å². The monoisotopic (exact) mass is 248 g/mol. The quantitative estimate of drug-likeness (QED) is 0.896. The van der Waals surface area contributed by atoms with Gasteiger partial charge in [-0.15, -0.1) is 11.3 Å². The van der Waals surface area contributed by atoms with Gasteiger partial charge in [-0.2, -0.15) is 16.6 Å². The molecule has 2 rings (SSSR count). The first-order valence-corrected chi connectivity index (χ1v) is 6.87. The molecule has 0 aliphatic carbocycles. The lowest BCUT2D eigenvalue weighted by atomic mass is 10.1. The van der Waals surface area contributed by atoms with Crippen LogP contribution in [0.4, 0.5) is 5.69 Å². The van der Waals surface area contributed by atoms with Crippen LogP contribution in [-0.4, -0.2) is 0 Å². The average Bonchev–Trinajstić information content (AvgIpc) is 2.89. The van der Waals surface area contributed by atoms with Gasteiger partial charge in [-0.25, -0.2) is 0 Å². The highest BCUT2D eigenvalue weighted by atomic mass is 32.1. The van der Waals surface area contributed by atoms with Gasteiger partial charge < -0.3 is 5.73 Å². The predicted molar refractivity (Wildman–Crippen MR) is 70.8 cm³/mol. The van der Waals surface area contributed by atoms with Crippen LogP contribution in [0.1, 0.15) is 23.8 Å². The van der Waals surface area contributed by atoms with Crippen molar-refractivity contribution in [3.8, 4) is 16.5 Å². The van der Waals surface area contributed by atoms with Crippen molar-refractivity contribution in [2.75, 3.05) is 5.73 Å². The van der Waals surface area contributed by atoms with E-state index in [1.54, 1.807) is 11.3 Å². The molecule has 0 amide bonds. The van der Waals surface area contributed by atoms with Gasteiger partial charge in [0.2, 0.25) is 0 Å². The van der Waals surface area contributed by atoms with Gasteiger partial charge in [0.15, 0.2) is 0 Å². The highest BCUT2D eigenvalue weighted by molar-refractivity contribution is 7.17. The molecule has 0 unspecified atom stereocenters. The van der Waals surface area contributed by atoms with Crippen LogP contribution in [0.5, 0.6) is 0 Å². The number of hydrogen-bond acceptors (Lipinski definition) is 4. The zero-order chi connectivity index (χ0) is 11.5. The molecule has 4 heteroatoms. The minimum atomic E-state index is 0.643. The molecule has 0 aromatic carbocycles. The van der Waals surface area contributed by atoms with Crippen LogP contribution in [0.2, 0.25) is 0 Å². The summed E-state index contributed by atoms with van der Waals surface area (Å²) in [4.78, 5) is 1.81. The van der Waals surface area contributed by atoms with Gasteiger partial charge in [-0.1, -0.05) is 13.3 Å². The molecular formula is C12H12N2S2. The minimum Gasteiger partial charge on any atom is -0.397 e. The summed E-state index contributed by atoms with van der Waals surface area (Å²) in [5.41, 5.74) is 9.00. The molecule has 0 atom stereocenters. The second-order valence-corrected chi connectivity index (χ2v) is 5.33. The first-order valence-electron chi connectivity index (χ1n) is 5.11. The third-order valence-corrected chi connectivity index (χ3v) is 4.32. The Labute approximate surface area is 103 Å². The number of rotatable bonds is 3. The van der Waals surface area contributed by atoms with Crippen molar-refractivity contribution in [2.45, 2.75) is 19.8 Å². The van der Waals surface area contributed by atoms with E-state index < -0.39 is 0 Å². The van der Waals surface area contributed by atoms with Crippen molar-refractivity contribution in [1.82, 2.24) is 0 Å². The molecule has 0 spiro atoms. The van der Waals surface area contributed by atoms with Crippen LogP contribution >= 0.6 is 22.7 Å². The number of anilines is 1. The molecule has 0 bridgehead atoms. The molecule has 2 N–H and O–H groups in total. The summed E-state index contributed by atoms with van der Waals surface area (Å²) in [6.45, 7) is 2.13. The first-order chi connectivity index (χ1) is 7.77. The number of nitrogens with zero attached hydrogens (tertiary/aromatic N) is 1. The van der Waals surface area contributed by atoms with E-state index >= 15 is 0 Å². The highest BCUT2D eigenvalue weighted by Gasteiger charge is 2.16. The summed E-state index contributed by atoms with van der Waals surface area (Å²) in [6, 6.07) is 4.25. The Balaban J connectivity index is 2.56.